The van der Waals surface area contributed by atoms with Crippen LogP contribution in [-0.2, 0) is 9.53 Å². The number of amides is 2. The Balaban J connectivity index is 1.44. The Kier molecular flexibility index (Phi) is 9.16. The number of hydrogen-bond acceptors (Lipinski definition) is 6. The van der Waals surface area contributed by atoms with E-state index in [1.54, 1.807) is 50.2 Å². The number of anilines is 2. The lowest BCUT2D eigenvalue weighted by Gasteiger charge is -2.15. The van der Waals surface area contributed by atoms with E-state index in [9.17, 15) is 14.4 Å². The van der Waals surface area contributed by atoms with E-state index in [0.717, 1.165) is 15.6 Å². The summed E-state index contributed by atoms with van der Waals surface area (Å²) in [5.74, 6) is -0.739. The van der Waals surface area contributed by atoms with Gasteiger partial charge >= 0.3 is 5.97 Å². The fourth-order valence-electron chi connectivity index (χ4n) is 3.70. The molecule has 4 rings (SSSR count). The molecule has 0 bridgehead atoms. The van der Waals surface area contributed by atoms with E-state index in [-0.39, 0.29) is 18.4 Å². The predicted octanol–water partition coefficient (Wildman–Crippen LogP) is 7.32. The first kappa shape index (κ1) is 28.1. The third kappa shape index (κ3) is 7.13. The fourth-order valence-corrected chi connectivity index (χ4v) is 4.91. The van der Waals surface area contributed by atoms with Gasteiger partial charge in [0, 0.05) is 26.7 Å². The molecule has 2 N–H and O–H groups in total. The number of nitrogens with one attached hydrogen (secondary N) is 2. The lowest BCUT2D eigenvalue weighted by Crippen LogP contribution is -2.30. The smallest absolute Gasteiger partial charge is 0.341 e. The number of aryl methyl sites for hydroxylation is 1. The van der Waals surface area contributed by atoms with Crippen molar-refractivity contribution in [3.05, 3.63) is 99.3 Å². The van der Waals surface area contributed by atoms with Gasteiger partial charge in [-0.2, -0.15) is 0 Å². The van der Waals surface area contributed by atoms with Gasteiger partial charge in [0.15, 0.2) is 6.10 Å². The van der Waals surface area contributed by atoms with Gasteiger partial charge in [0.1, 0.15) is 16.3 Å². The highest BCUT2D eigenvalue weighted by Crippen LogP contribution is 2.36. The SMILES string of the molecule is CCOC(=O)c1c(-c2ccc(C)cc2)csc1NC(=O)c1ccc(O[C@@H](C)C(=O)Nc2ccc(Br)cc2)cc1. The average Bonchev–Trinajstić information content (AvgIpc) is 3.34. The summed E-state index contributed by atoms with van der Waals surface area (Å²) in [6.45, 7) is 5.60. The van der Waals surface area contributed by atoms with E-state index in [0.29, 0.717) is 33.1 Å². The van der Waals surface area contributed by atoms with Crippen molar-refractivity contribution in [2.24, 2.45) is 0 Å². The number of carbonyl (C=O) groups excluding carboxylic acids is 3. The highest BCUT2D eigenvalue weighted by Gasteiger charge is 2.23. The summed E-state index contributed by atoms with van der Waals surface area (Å²) in [5, 5.41) is 7.90. The van der Waals surface area contributed by atoms with Crippen LogP contribution < -0.4 is 15.4 Å². The highest BCUT2D eigenvalue weighted by molar-refractivity contribution is 9.10. The molecule has 0 saturated carbocycles. The number of thiophene rings is 1. The lowest BCUT2D eigenvalue weighted by molar-refractivity contribution is -0.122. The van der Waals surface area contributed by atoms with Crippen LogP contribution in [0.15, 0.2) is 82.6 Å². The van der Waals surface area contributed by atoms with E-state index in [2.05, 4.69) is 26.6 Å². The molecular weight excluding hydrogens is 580 g/mol. The molecule has 1 aromatic heterocycles. The molecule has 0 radical (unpaired) electrons. The number of esters is 1. The van der Waals surface area contributed by atoms with Crippen molar-refractivity contribution in [1.82, 2.24) is 0 Å². The van der Waals surface area contributed by atoms with Crippen molar-refractivity contribution in [3.8, 4) is 16.9 Å². The molecule has 7 nitrogen and oxygen atoms in total. The fraction of sp³-hybridized carbons (Fsp3) is 0.167. The number of ether oxygens (including phenoxy) is 2. The Bertz CT molecular complexity index is 1460. The first-order valence-electron chi connectivity index (χ1n) is 12.2. The molecule has 9 heteroatoms. The van der Waals surface area contributed by atoms with Crippen LogP contribution in [0.2, 0.25) is 0 Å². The van der Waals surface area contributed by atoms with E-state index < -0.39 is 12.1 Å². The lowest BCUT2D eigenvalue weighted by atomic mass is 10.0. The molecular formula is C30H27BrN2O5S. The summed E-state index contributed by atoms with van der Waals surface area (Å²) in [4.78, 5) is 38.3. The zero-order chi connectivity index (χ0) is 27.9. The Morgan fingerprint density at radius 3 is 2.23 bits per heavy atom. The van der Waals surface area contributed by atoms with Gasteiger partial charge in [0.05, 0.1) is 6.61 Å². The largest absolute Gasteiger partial charge is 0.481 e. The van der Waals surface area contributed by atoms with Gasteiger partial charge in [-0.05, 0) is 74.9 Å². The van der Waals surface area contributed by atoms with E-state index in [1.165, 1.54) is 11.3 Å². The van der Waals surface area contributed by atoms with Crippen molar-refractivity contribution >= 4 is 55.7 Å². The van der Waals surface area contributed by atoms with Crippen LogP contribution in [0, 0.1) is 6.92 Å². The molecule has 39 heavy (non-hydrogen) atoms. The molecule has 0 spiro atoms. The molecule has 1 heterocycles. The van der Waals surface area contributed by atoms with Crippen LogP contribution in [0.4, 0.5) is 10.7 Å². The molecule has 2 amide bonds. The minimum absolute atomic E-state index is 0.219. The molecule has 4 aromatic rings. The Morgan fingerprint density at radius 2 is 1.59 bits per heavy atom. The van der Waals surface area contributed by atoms with Crippen LogP contribution >= 0.6 is 27.3 Å². The summed E-state index contributed by atoms with van der Waals surface area (Å²) in [6.07, 6.45) is -0.758. The Morgan fingerprint density at radius 1 is 0.923 bits per heavy atom. The first-order valence-corrected chi connectivity index (χ1v) is 13.9. The number of halogens is 1. The number of rotatable bonds is 9. The molecule has 3 aromatic carbocycles. The third-order valence-corrected chi connectivity index (χ3v) is 7.19. The monoisotopic (exact) mass is 606 g/mol. The zero-order valence-corrected chi connectivity index (χ0v) is 24.0. The van der Waals surface area contributed by atoms with E-state index >= 15 is 0 Å². The maximum atomic E-state index is 13.0. The number of carbonyl (C=O) groups is 3. The van der Waals surface area contributed by atoms with Gasteiger partial charge in [-0.25, -0.2) is 4.79 Å². The zero-order valence-electron chi connectivity index (χ0n) is 21.6. The van der Waals surface area contributed by atoms with Gasteiger partial charge in [0.25, 0.3) is 11.8 Å². The summed E-state index contributed by atoms with van der Waals surface area (Å²) in [5.41, 5.74) is 4.02. The number of benzene rings is 3. The standard InChI is InChI=1S/C30H27BrN2O5S/c1-4-37-30(36)26-25(20-7-5-18(2)6-8-20)17-39-29(26)33-28(35)21-9-15-24(16-10-21)38-19(3)27(34)32-23-13-11-22(31)12-14-23/h5-17,19H,4H2,1-3H3,(H,32,34)(H,33,35)/t19-/m0/s1. The minimum Gasteiger partial charge on any atom is -0.481 e. The van der Waals surface area contributed by atoms with Crippen LogP contribution in [0.25, 0.3) is 11.1 Å². The normalized spacial score (nSPS) is 11.4. The van der Waals surface area contributed by atoms with Crippen molar-refractivity contribution in [1.29, 1.82) is 0 Å². The first-order chi connectivity index (χ1) is 18.7. The topological polar surface area (TPSA) is 93.7 Å². The van der Waals surface area contributed by atoms with Crippen LogP contribution in [-0.4, -0.2) is 30.5 Å². The second-order valence-electron chi connectivity index (χ2n) is 8.67. The van der Waals surface area contributed by atoms with Gasteiger partial charge in [0.2, 0.25) is 0 Å². The minimum atomic E-state index is -0.758. The molecule has 1 atom stereocenters. The molecule has 0 aliphatic carbocycles. The molecule has 200 valence electrons. The van der Waals surface area contributed by atoms with E-state index in [1.807, 2.05) is 48.7 Å². The average molecular weight is 608 g/mol. The molecule has 0 saturated heterocycles. The predicted molar refractivity (Wildman–Crippen MR) is 158 cm³/mol. The second-order valence-corrected chi connectivity index (χ2v) is 10.5. The molecule has 0 unspecified atom stereocenters. The van der Waals surface area contributed by atoms with Crippen LogP contribution in [0.5, 0.6) is 5.75 Å². The van der Waals surface area contributed by atoms with E-state index in [4.69, 9.17) is 9.47 Å². The van der Waals surface area contributed by atoms with Gasteiger partial charge in [-0.15, -0.1) is 11.3 Å². The van der Waals surface area contributed by atoms with Crippen molar-refractivity contribution < 1.29 is 23.9 Å². The van der Waals surface area contributed by atoms with Gasteiger partial charge < -0.3 is 20.1 Å². The Labute approximate surface area is 239 Å². The van der Waals surface area contributed by atoms with Crippen LogP contribution in [0.3, 0.4) is 0 Å². The third-order valence-electron chi connectivity index (χ3n) is 5.77. The quantitative estimate of drug-likeness (QED) is 0.195. The van der Waals surface area contributed by atoms with Crippen molar-refractivity contribution in [2.75, 3.05) is 17.2 Å². The molecule has 0 fully saturated rings. The van der Waals surface area contributed by atoms with Crippen molar-refractivity contribution in [3.63, 3.8) is 0 Å². The summed E-state index contributed by atoms with van der Waals surface area (Å²) >= 11 is 4.63. The number of hydrogen-bond donors (Lipinski definition) is 2. The maximum Gasteiger partial charge on any atom is 0.341 e. The summed E-state index contributed by atoms with van der Waals surface area (Å²) in [6, 6.07) is 21.5. The molecule has 0 aliphatic rings. The second kappa shape index (κ2) is 12.7. The Hall–Kier alpha value is -3.95. The van der Waals surface area contributed by atoms with Gasteiger partial charge in [-0.1, -0.05) is 45.8 Å². The van der Waals surface area contributed by atoms with Gasteiger partial charge in [-0.3, -0.25) is 9.59 Å². The summed E-state index contributed by atoms with van der Waals surface area (Å²) in [7, 11) is 0. The maximum absolute atomic E-state index is 13.0. The van der Waals surface area contributed by atoms with Crippen molar-refractivity contribution in [2.45, 2.75) is 26.9 Å². The highest BCUT2D eigenvalue weighted by atomic mass is 79.9. The summed E-state index contributed by atoms with van der Waals surface area (Å²) < 4.78 is 11.9. The molecule has 0 aliphatic heterocycles. The van der Waals surface area contributed by atoms with Crippen LogP contribution in [0.1, 0.15) is 40.1 Å².